The molecule has 0 aliphatic heterocycles. The first-order valence-electron chi connectivity index (χ1n) is 8.66. The van der Waals surface area contributed by atoms with Gasteiger partial charge in [0, 0.05) is 28.5 Å². The number of aromatic nitrogens is 2. The number of amides is 1. The van der Waals surface area contributed by atoms with Crippen LogP contribution in [0.25, 0.3) is 28.8 Å². The van der Waals surface area contributed by atoms with Crippen LogP contribution in [0.1, 0.15) is 11.1 Å². The molecule has 0 fully saturated rings. The van der Waals surface area contributed by atoms with Crippen LogP contribution in [0.4, 0.5) is 5.69 Å². The third-order valence-corrected chi connectivity index (χ3v) is 4.46. The number of aryl methyl sites for hydroxylation is 1. The molecule has 2 heterocycles. The number of nitrogens with zero attached hydrogens (tertiary/aromatic N) is 2. The zero-order valence-corrected chi connectivity index (χ0v) is 15.8. The molecule has 0 bridgehead atoms. The molecule has 0 aliphatic rings. The minimum absolute atomic E-state index is 0.227. The second-order valence-electron chi connectivity index (χ2n) is 6.25. The van der Waals surface area contributed by atoms with Gasteiger partial charge in [0.05, 0.1) is 0 Å². The zero-order chi connectivity index (χ0) is 19.5. The largest absolute Gasteiger partial charge is 0.434 e. The van der Waals surface area contributed by atoms with Crippen molar-refractivity contribution < 1.29 is 9.21 Å². The van der Waals surface area contributed by atoms with Gasteiger partial charge in [-0.15, -0.1) is 0 Å². The quantitative estimate of drug-likeness (QED) is 0.468. The lowest BCUT2D eigenvalue weighted by Gasteiger charge is -2.08. The van der Waals surface area contributed by atoms with Crippen molar-refractivity contribution in [1.29, 1.82) is 0 Å². The number of benzene rings is 2. The summed E-state index contributed by atoms with van der Waals surface area (Å²) in [6.45, 7) is 1.93. The van der Waals surface area contributed by atoms with E-state index in [0.29, 0.717) is 27.8 Å². The van der Waals surface area contributed by atoms with Crippen LogP contribution < -0.4 is 5.32 Å². The normalized spacial score (nSPS) is 11.2. The Balaban J connectivity index is 1.55. The molecule has 1 N–H and O–H groups in total. The number of fused-ring (bicyclic) bond motifs is 1. The second kappa shape index (κ2) is 7.66. The van der Waals surface area contributed by atoms with E-state index in [1.54, 1.807) is 30.5 Å². The van der Waals surface area contributed by atoms with E-state index >= 15 is 0 Å². The van der Waals surface area contributed by atoms with Gasteiger partial charge in [-0.25, -0.2) is 4.98 Å². The number of hydrogen-bond acceptors (Lipinski definition) is 4. The molecule has 138 valence electrons. The summed E-state index contributed by atoms with van der Waals surface area (Å²) in [7, 11) is 0. The maximum Gasteiger partial charge on any atom is 0.248 e. The van der Waals surface area contributed by atoms with Crippen LogP contribution in [0.3, 0.4) is 0 Å². The highest BCUT2D eigenvalue weighted by Crippen LogP contribution is 2.27. The first-order chi connectivity index (χ1) is 13.6. The van der Waals surface area contributed by atoms with Crippen LogP contribution >= 0.6 is 11.6 Å². The lowest BCUT2D eigenvalue weighted by molar-refractivity contribution is -0.111. The molecule has 28 heavy (non-hydrogen) atoms. The van der Waals surface area contributed by atoms with Gasteiger partial charge < -0.3 is 9.73 Å². The number of halogens is 1. The summed E-state index contributed by atoms with van der Waals surface area (Å²) < 4.78 is 5.76. The topological polar surface area (TPSA) is 68.0 Å². The number of oxazole rings is 1. The lowest BCUT2D eigenvalue weighted by Crippen LogP contribution is -2.09. The molecule has 0 saturated heterocycles. The molecule has 0 aliphatic carbocycles. The summed E-state index contributed by atoms with van der Waals surface area (Å²) in [5, 5.41) is 3.55. The molecule has 4 rings (SSSR count). The van der Waals surface area contributed by atoms with Crippen molar-refractivity contribution in [3.63, 3.8) is 0 Å². The number of anilines is 1. The van der Waals surface area contributed by atoms with Crippen molar-refractivity contribution >= 4 is 40.5 Å². The molecule has 5 nitrogen and oxygen atoms in total. The van der Waals surface area contributed by atoms with E-state index in [-0.39, 0.29) is 5.91 Å². The highest BCUT2D eigenvalue weighted by atomic mass is 35.5. The molecule has 1 amide bonds. The van der Waals surface area contributed by atoms with E-state index in [2.05, 4.69) is 15.3 Å². The molecule has 0 atom stereocenters. The van der Waals surface area contributed by atoms with Gasteiger partial charge in [-0.2, -0.15) is 4.98 Å². The minimum atomic E-state index is -0.227. The first-order valence-corrected chi connectivity index (χ1v) is 9.03. The molecule has 0 saturated carbocycles. The molecule has 4 aromatic rings. The summed E-state index contributed by atoms with van der Waals surface area (Å²) in [5.41, 5.74) is 4.46. The standard InChI is InChI=1S/C22H16ClN3O2/c1-14-4-8-16(22-26-21-19(28-22)3-2-12-24-21)13-18(14)25-20(27)11-7-15-5-9-17(23)10-6-15/h2-13H,1H3,(H,25,27). The molecule has 2 aromatic heterocycles. The van der Waals surface area contributed by atoms with E-state index in [1.807, 2.05) is 43.3 Å². The second-order valence-corrected chi connectivity index (χ2v) is 6.68. The van der Waals surface area contributed by atoms with Crippen molar-refractivity contribution in [1.82, 2.24) is 9.97 Å². The maximum absolute atomic E-state index is 12.3. The Morgan fingerprint density at radius 1 is 1.14 bits per heavy atom. The Morgan fingerprint density at radius 3 is 2.75 bits per heavy atom. The van der Waals surface area contributed by atoms with Crippen molar-refractivity contribution in [3.8, 4) is 11.5 Å². The SMILES string of the molecule is Cc1ccc(-c2nc3ncccc3o2)cc1NC(=O)C=Cc1ccc(Cl)cc1. The van der Waals surface area contributed by atoms with Crippen LogP contribution in [0.15, 0.2) is 71.3 Å². The number of carbonyl (C=O) groups is 1. The number of nitrogens with one attached hydrogen (secondary N) is 1. The Bertz CT molecular complexity index is 1150. The van der Waals surface area contributed by atoms with E-state index in [9.17, 15) is 4.79 Å². The molecule has 0 unspecified atom stereocenters. The predicted octanol–water partition coefficient (Wildman–Crippen LogP) is 5.50. The summed E-state index contributed by atoms with van der Waals surface area (Å²) in [4.78, 5) is 20.9. The Labute approximate surface area is 166 Å². The molecule has 6 heteroatoms. The Hall–Kier alpha value is -3.44. The van der Waals surface area contributed by atoms with Gasteiger partial charge in [0.2, 0.25) is 11.8 Å². The molecule has 0 radical (unpaired) electrons. The predicted molar refractivity (Wildman–Crippen MR) is 111 cm³/mol. The van der Waals surface area contributed by atoms with Gasteiger partial charge in [-0.05, 0) is 60.5 Å². The summed E-state index contributed by atoms with van der Waals surface area (Å²) in [5.74, 6) is 0.232. The van der Waals surface area contributed by atoms with Crippen LogP contribution in [-0.4, -0.2) is 15.9 Å². The smallest absolute Gasteiger partial charge is 0.248 e. The lowest BCUT2D eigenvalue weighted by atomic mass is 10.1. The molecular formula is C22H16ClN3O2. The van der Waals surface area contributed by atoms with Crippen LogP contribution in [0.2, 0.25) is 5.02 Å². The van der Waals surface area contributed by atoms with Crippen LogP contribution in [-0.2, 0) is 4.79 Å². The average Bonchev–Trinajstić information content (AvgIpc) is 3.13. The fourth-order valence-electron chi connectivity index (χ4n) is 2.70. The molecule has 0 spiro atoms. The van der Waals surface area contributed by atoms with Gasteiger partial charge in [0.1, 0.15) is 0 Å². The van der Waals surface area contributed by atoms with E-state index in [4.69, 9.17) is 16.0 Å². The van der Waals surface area contributed by atoms with Gasteiger partial charge >= 0.3 is 0 Å². The van der Waals surface area contributed by atoms with Crippen molar-refractivity contribution in [2.75, 3.05) is 5.32 Å². The number of rotatable bonds is 4. The molecule has 2 aromatic carbocycles. The highest BCUT2D eigenvalue weighted by molar-refractivity contribution is 6.30. The van der Waals surface area contributed by atoms with Gasteiger partial charge in [0.25, 0.3) is 0 Å². The maximum atomic E-state index is 12.3. The van der Waals surface area contributed by atoms with Gasteiger partial charge in [0.15, 0.2) is 11.2 Å². The number of pyridine rings is 1. The fraction of sp³-hybridized carbons (Fsp3) is 0.0455. The van der Waals surface area contributed by atoms with Crippen LogP contribution in [0, 0.1) is 6.92 Å². The van der Waals surface area contributed by atoms with E-state index in [1.165, 1.54) is 6.08 Å². The Morgan fingerprint density at radius 2 is 1.96 bits per heavy atom. The van der Waals surface area contributed by atoms with E-state index in [0.717, 1.165) is 16.7 Å². The van der Waals surface area contributed by atoms with Crippen LogP contribution in [0.5, 0.6) is 0 Å². The minimum Gasteiger partial charge on any atom is -0.434 e. The van der Waals surface area contributed by atoms with Crippen molar-refractivity contribution in [3.05, 3.63) is 83.0 Å². The van der Waals surface area contributed by atoms with Gasteiger partial charge in [-0.3, -0.25) is 4.79 Å². The first kappa shape index (κ1) is 17.9. The monoisotopic (exact) mass is 389 g/mol. The highest BCUT2D eigenvalue weighted by Gasteiger charge is 2.11. The third-order valence-electron chi connectivity index (χ3n) is 4.20. The van der Waals surface area contributed by atoms with E-state index < -0.39 is 0 Å². The summed E-state index contributed by atoms with van der Waals surface area (Å²) in [6.07, 6.45) is 4.89. The number of carbonyl (C=O) groups excluding carboxylic acids is 1. The third kappa shape index (κ3) is 3.94. The average molecular weight is 390 g/mol. The summed E-state index contributed by atoms with van der Waals surface area (Å²) in [6, 6.07) is 16.5. The molecular weight excluding hydrogens is 374 g/mol. The fourth-order valence-corrected chi connectivity index (χ4v) is 2.83. The zero-order valence-electron chi connectivity index (χ0n) is 15.0. The van der Waals surface area contributed by atoms with Crippen molar-refractivity contribution in [2.24, 2.45) is 0 Å². The Kier molecular flexibility index (Phi) is 4.91. The summed E-state index contributed by atoms with van der Waals surface area (Å²) >= 11 is 5.87. The number of hydrogen-bond donors (Lipinski definition) is 1. The van der Waals surface area contributed by atoms with Crippen molar-refractivity contribution in [2.45, 2.75) is 6.92 Å². The van der Waals surface area contributed by atoms with Gasteiger partial charge in [-0.1, -0.05) is 29.8 Å².